The number of aryl methyl sites for hydroxylation is 1. The van der Waals surface area contributed by atoms with Crippen LogP contribution < -0.4 is 0 Å². The van der Waals surface area contributed by atoms with E-state index in [4.69, 9.17) is 14.1 Å². The predicted octanol–water partition coefficient (Wildman–Crippen LogP) is 15.7. The van der Waals surface area contributed by atoms with E-state index in [1.165, 1.54) is 11.1 Å². The minimum absolute atomic E-state index is 0.0775. The van der Waals surface area contributed by atoms with Gasteiger partial charge >= 0.3 is 0 Å². The molecule has 1 aliphatic carbocycles. The number of aromatic hydroxyl groups is 1. The van der Waals surface area contributed by atoms with Gasteiger partial charge in [0.2, 0.25) is 0 Å². The molecule has 2 heterocycles. The lowest BCUT2D eigenvalue weighted by Gasteiger charge is -2.42. The number of benzene rings is 6. The molecule has 0 spiro atoms. The number of hydrogen-bond acceptors (Lipinski definition) is 3. The molecule has 0 radical (unpaired) electrons. The minimum Gasteiger partial charge on any atom is -0.507 e. The van der Waals surface area contributed by atoms with Gasteiger partial charge in [-0.25, -0.2) is 4.98 Å². The normalized spacial score (nSPS) is 15.7. The van der Waals surface area contributed by atoms with Crippen molar-refractivity contribution >= 4 is 11.0 Å². The Hall–Kier alpha value is -6.26. The highest BCUT2D eigenvalue weighted by molar-refractivity contribution is 5.98. The Morgan fingerprint density at radius 1 is 0.587 bits per heavy atom. The Bertz CT molecular complexity index is 3140. The van der Waals surface area contributed by atoms with Crippen LogP contribution in [0.1, 0.15) is 114 Å². The molecule has 0 unspecified atom stereocenters. The molecule has 0 saturated heterocycles. The maximum Gasteiger partial charge on any atom is 0.149 e. The van der Waals surface area contributed by atoms with Gasteiger partial charge in [-0.2, -0.15) is 0 Å². The molecule has 63 heavy (non-hydrogen) atoms. The third kappa shape index (κ3) is 7.68. The van der Waals surface area contributed by atoms with Crippen molar-refractivity contribution in [2.75, 3.05) is 0 Å². The largest absolute Gasteiger partial charge is 0.507 e. The molecule has 1 aliphatic rings. The van der Waals surface area contributed by atoms with Crippen LogP contribution in [0.3, 0.4) is 0 Å². The lowest BCUT2D eigenvalue weighted by molar-refractivity contribution is 0.318. The van der Waals surface area contributed by atoms with Gasteiger partial charge in [-0.05, 0) is 129 Å². The average molecular weight is 831 g/mol. The van der Waals surface area contributed by atoms with Crippen molar-refractivity contribution in [2.24, 2.45) is 0 Å². The van der Waals surface area contributed by atoms with Crippen LogP contribution in [0.4, 0.5) is 0 Å². The Balaban J connectivity index is 1.31. The summed E-state index contributed by atoms with van der Waals surface area (Å²) in [5.74, 6) is 0.982. The molecule has 0 atom stereocenters. The van der Waals surface area contributed by atoms with Crippen LogP contribution >= 0.6 is 0 Å². The van der Waals surface area contributed by atoms with Gasteiger partial charge in [-0.3, -0.25) is 9.55 Å². The summed E-state index contributed by atoms with van der Waals surface area (Å²) < 4.78 is 25.8. The number of pyridine rings is 1. The summed E-state index contributed by atoms with van der Waals surface area (Å²) in [6.07, 6.45) is 3.84. The third-order valence-corrected chi connectivity index (χ3v) is 13.5. The molecule has 0 aliphatic heterocycles. The molecule has 318 valence electrons. The van der Waals surface area contributed by atoms with E-state index in [9.17, 15) is 5.11 Å². The number of fused-ring (bicyclic) bond motifs is 2. The molecule has 2 aromatic heterocycles. The Morgan fingerprint density at radius 2 is 1.30 bits per heavy atom. The molecule has 0 bridgehead atoms. The van der Waals surface area contributed by atoms with Crippen molar-refractivity contribution in [3.05, 3.63) is 167 Å². The number of para-hydroxylation sites is 1. The summed E-state index contributed by atoms with van der Waals surface area (Å²) in [4.78, 5) is 10.6. The standard InChI is InChI=1S/C59H61N3O/c1-37-20-22-38(23-21-37)40-28-31-60-49(35-40)42-32-41(33-44(34-42)57(5,6)7)45-18-15-19-51-53(45)61-55(46-25-26-48-52(54(46)63)59(10,11)30-29-58(48,8)9)62(51)50-27-24-43(56(2,3)4)36-47(50)39-16-13-12-14-17-39/h12-28,31-36,63H,29-30H2,1-11H3/i1D3. The summed E-state index contributed by atoms with van der Waals surface area (Å²) in [7, 11) is 0. The van der Waals surface area contributed by atoms with E-state index in [0.717, 1.165) is 85.3 Å². The van der Waals surface area contributed by atoms with E-state index < -0.39 is 6.85 Å². The summed E-state index contributed by atoms with van der Waals surface area (Å²) >= 11 is 0. The molecule has 1 N–H and O–H groups in total. The number of imidazole rings is 1. The zero-order valence-electron chi connectivity index (χ0n) is 41.5. The SMILES string of the molecule is [2H]C([2H])([2H])c1ccc(-c2ccnc(-c3cc(-c4cccc5c4nc(-c4ccc6c(c4O)C(C)(C)CCC6(C)C)n5-c4ccc(C(C)(C)C)cc4-c4ccccc4)cc(C(C)(C)C)c3)c2)cc1. The lowest BCUT2D eigenvalue weighted by atomic mass is 9.62. The molecule has 8 aromatic rings. The highest BCUT2D eigenvalue weighted by atomic mass is 16.3. The third-order valence-electron chi connectivity index (χ3n) is 13.5. The van der Waals surface area contributed by atoms with Crippen LogP contribution in [-0.2, 0) is 21.7 Å². The first-order chi connectivity index (χ1) is 31.0. The van der Waals surface area contributed by atoms with Crippen molar-refractivity contribution in [2.45, 2.75) is 111 Å². The van der Waals surface area contributed by atoms with E-state index in [0.29, 0.717) is 22.7 Å². The smallest absolute Gasteiger partial charge is 0.149 e. The summed E-state index contributed by atoms with van der Waals surface area (Å²) in [5, 5.41) is 12.7. The molecular formula is C59H61N3O. The van der Waals surface area contributed by atoms with E-state index in [-0.39, 0.29) is 21.7 Å². The number of phenolic OH excluding ortho intramolecular Hbond substituents is 1. The second-order valence-electron chi connectivity index (χ2n) is 21.0. The maximum absolute atomic E-state index is 12.7. The van der Waals surface area contributed by atoms with Crippen LogP contribution in [-0.4, -0.2) is 19.6 Å². The van der Waals surface area contributed by atoms with E-state index >= 15 is 0 Å². The van der Waals surface area contributed by atoms with Crippen molar-refractivity contribution < 1.29 is 9.22 Å². The van der Waals surface area contributed by atoms with Crippen LogP contribution in [0.5, 0.6) is 5.75 Å². The highest BCUT2D eigenvalue weighted by Gasteiger charge is 2.40. The van der Waals surface area contributed by atoms with E-state index in [2.05, 4.69) is 177 Å². The van der Waals surface area contributed by atoms with Crippen molar-refractivity contribution in [3.8, 4) is 67.5 Å². The fourth-order valence-corrected chi connectivity index (χ4v) is 9.50. The molecular weight excluding hydrogens is 767 g/mol. The molecule has 0 saturated carbocycles. The number of aromatic nitrogens is 3. The lowest BCUT2D eigenvalue weighted by Crippen LogP contribution is -2.34. The van der Waals surface area contributed by atoms with Crippen LogP contribution in [0.15, 0.2) is 140 Å². The Labute approximate surface area is 379 Å². The Kier molecular flexibility index (Phi) is 9.28. The van der Waals surface area contributed by atoms with Gasteiger partial charge in [0.05, 0.1) is 28.0 Å². The predicted molar refractivity (Wildman–Crippen MR) is 265 cm³/mol. The van der Waals surface area contributed by atoms with Gasteiger partial charge in [-0.1, -0.05) is 160 Å². The van der Waals surface area contributed by atoms with Gasteiger partial charge in [0.1, 0.15) is 11.6 Å². The first kappa shape index (κ1) is 38.4. The zero-order valence-corrected chi connectivity index (χ0v) is 38.5. The van der Waals surface area contributed by atoms with Gasteiger partial charge in [-0.15, -0.1) is 0 Å². The number of nitrogens with zero attached hydrogens (tertiary/aromatic N) is 3. The number of rotatable bonds is 6. The molecule has 4 heteroatoms. The van der Waals surface area contributed by atoms with Gasteiger partial charge in [0.25, 0.3) is 0 Å². The van der Waals surface area contributed by atoms with E-state index in [1.807, 2.05) is 24.4 Å². The molecule has 0 fully saturated rings. The summed E-state index contributed by atoms with van der Waals surface area (Å²) in [6.45, 7) is 20.4. The van der Waals surface area contributed by atoms with Crippen LogP contribution in [0.2, 0.25) is 0 Å². The second-order valence-corrected chi connectivity index (χ2v) is 21.0. The quantitative estimate of drug-likeness (QED) is 0.182. The summed E-state index contributed by atoms with van der Waals surface area (Å²) in [5.41, 5.74) is 15.6. The monoisotopic (exact) mass is 831 g/mol. The van der Waals surface area contributed by atoms with Gasteiger partial charge in [0.15, 0.2) is 0 Å². The molecule has 4 nitrogen and oxygen atoms in total. The number of phenols is 1. The molecule has 0 amide bonds. The fraction of sp³-hybridized carbons (Fsp3) is 0.288. The Morgan fingerprint density at radius 3 is 2.02 bits per heavy atom. The van der Waals surface area contributed by atoms with Gasteiger partial charge < -0.3 is 5.11 Å². The van der Waals surface area contributed by atoms with E-state index in [1.54, 1.807) is 12.1 Å². The molecule has 9 rings (SSSR count). The van der Waals surface area contributed by atoms with Gasteiger partial charge in [0, 0.05) is 32.6 Å². The topological polar surface area (TPSA) is 50.9 Å². The van der Waals surface area contributed by atoms with Crippen molar-refractivity contribution in [1.82, 2.24) is 14.5 Å². The summed E-state index contributed by atoms with van der Waals surface area (Å²) in [6, 6.07) is 46.0. The number of hydrogen-bond donors (Lipinski definition) is 1. The van der Waals surface area contributed by atoms with Crippen LogP contribution in [0.25, 0.3) is 72.7 Å². The minimum atomic E-state index is -2.17. The van der Waals surface area contributed by atoms with Crippen LogP contribution in [0, 0.1) is 6.85 Å². The van der Waals surface area contributed by atoms with Crippen molar-refractivity contribution in [1.29, 1.82) is 0 Å². The fourth-order valence-electron chi connectivity index (χ4n) is 9.50. The second kappa shape index (κ2) is 15.2. The maximum atomic E-state index is 12.7. The highest BCUT2D eigenvalue weighted by Crippen LogP contribution is 2.52. The zero-order chi connectivity index (χ0) is 47.1. The first-order valence-corrected chi connectivity index (χ1v) is 22.3. The molecule has 6 aromatic carbocycles. The first-order valence-electron chi connectivity index (χ1n) is 23.8. The average Bonchev–Trinajstić information content (AvgIpc) is 3.66. The van der Waals surface area contributed by atoms with Crippen molar-refractivity contribution in [3.63, 3.8) is 0 Å².